The van der Waals surface area contributed by atoms with Crippen LogP contribution in [0.1, 0.15) is 6.92 Å². The number of fused-ring (bicyclic) bond motifs is 1. The predicted molar refractivity (Wildman–Crippen MR) is 76.0 cm³/mol. The van der Waals surface area contributed by atoms with Crippen molar-refractivity contribution in [3.05, 3.63) is 29.8 Å². The molecule has 0 spiro atoms. The Kier molecular flexibility index (Phi) is 4.04. The molecule has 0 amide bonds. The molecule has 0 radical (unpaired) electrons. The van der Waals surface area contributed by atoms with E-state index in [9.17, 15) is 0 Å². The normalized spacial score (nSPS) is 27.6. The summed E-state index contributed by atoms with van der Waals surface area (Å²) in [4.78, 5) is 2.24. The number of hydrazine groups is 1. The van der Waals surface area contributed by atoms with Gasteiger partial charge in [-0.25, -0.2) is 5.01 Å². The molecule has 1 fully saturated rings. The van der Waals surface area contributed by atoms with Crippen LogP contribution in [0.5, 0.6) is 0 Å². The van der Waals surface area contributed by atoms with Crippen molar-refractivity contribution in [2.75, 3.05) is 26.7 Å². The largest absolute Gasteiger partial charge is 0.354 e. The molecule has 0 aliphatic carbocycles. The maximum atomic E-state index is 6.09. The molecule has 2 aliphatic heterocycles. The molecule has 0 saturated carbocycles. The van der Waals surface area contributed by atoms with E-state index in [4.69, 9.17) is 11.6 Å². The number of hydrogen-bond donors (Lipinski definition) is 2. The van der Waals surface area contributed by atoms with Crippen LogP contribution in [-0.4, -0.2) is 52.3 Å². The van der Waals surface area contributed by atoms with Gasteiger partial charge in [0.05, 0.1) is 12.2 Å². The fraction of sp³-hybridized carbons (Fsp3) is 0.583. The highest BCUT2D eigenvalue weighted by atomic mass is 32.2. The van der Waals surface area contributed by atoms with E-state index in [-0.39, 0.29) is 11.4 Å². The van der Waals surface area contributed by atoms with Gasteiger partial charge in [-0.05, 0) is 24.4 Å². The van der Waals surface area contributed by atoms with Crippen LogP contribution in [-0.2, 0) is 0 Å². The molecule has 18 heavy (non-hydrogen) atoms. The van der Waals surface area contributed by atoms with E-state index in [1.165, 1.54) is 5.57 Å². The third kappa shape index (κ3) is 2.74. The minimum Gasteiger partial charge on any atom is -0.354 e. The highest BCUT2D eigenvalue weighted by molar-refractivity contribution is 7.97. The van der Waals surface area contributed by atoms with Crippen molar-refractivity contribution in [1.82, 2.24) is 14.2 Å². The van der Waals surface area contributed by atoms with Crippen LogP contribution in [0.4, 0.5) is 0 Å². The second kappa shape index (κ2) is 5.38. The molecule has 0 aromatic carbocycles. The minimum atomic E-state index is 0.0485. The highest BCUT2D eigenvalue weighted by Crippen LogP contribution is 2.38. The molecule has 2 heterocycles. The van der Waals surface area contributed by atoms with Crippen molar-refractivity contribution >= 4 is 11.9 Å². The Morgan fingerprint density at radius 1 is 1.67 bits per heavy atom. The topological polar surface area (TPSA) is 61.8 Å². The molecule has 2 atom stereocenters. The van der Waals surface area contributed by atoms with Crippen LogP contribution >= 0.6 is 11.9 Å². The van der Waals surface area contributed by atoms with Gasteiger partial charge < -0.3 is 14.9 Å². The van der Waals surface area contributed by atoms with E-state index in [1.54, 1.807) is 17.0 Å². The Hall–Kier alpha value is -0.910. The predicted octanol–water partition coefficient (Wildman–Crippen LogP) is 0.297. The Morgan fingerprint density at radius 2 is 2.39 bits per heavy atom. The number of nitrogens with two attached hydrogens (primary N) is 2. The summed E-state index contributed by atoms with van der Waals surface area (Å²) in [5.41, 5.74) is 11.6. The van der Waals surface area contributed by atoms with Crippen LogP contribution in [0.25, 0.3) is 0 Å². The van der Waals surface area contributed by atoms with Crippen molar-refractivity contribution in [1.29, 1.82) is 0 Å². The summed E-state index contributed by atoms with van der Waals surface area (Å²) in [6.45, 7) is 8.61. The summed E-state index contributed by atoms with van der Waals surface area (Å²) in [6.07, 6.45) is 1.99. The van der Waals surface area contributed by atoms with Gasteiger partial charge in [0.25, 0.3) is 0 Å². The Bertz CT molecular complexity index is 399. The standard InChI is InChI=1S/C12H21N5S/c1-9-4-5-16(7-6-15(3)14)18-12-11(13)10(2)17(12)8-9/h5,11-12H,2,6-8,13-14H2,1,3H3. The van der Waals surface area contributed by atoms with Crippen LogP contribution in [0.15, 0.2) is 29.8 Å². The molecular weight excluding hydrogens is 246 g/mol. The molecule has 1 saturated heterocycles. The third-order valence-electron chi connectivity index (χ3n) is 3.15. The summed E-state index contributed by atoms with van der Waals surface area (Å²) in [7, 11) is 1.86. The minimum absolute atomic E-state index is 0.0485. The molecule has 4 N–H and O–H groups in total. The first-order valence-electron chi connectivity index (χ1n) is 6.01. The maximum absolute atomic E-state index is 6.09. The Balaban J connectivity index is 2.07. The van der Waals surface area contributed by atoms with Crippen molar-refractivity contribution in [3.63, 3.8) is 0 Å². The average molecular weight is 267 g/mol. The third-order valence-corrected chi connectivity index (χ3v) is 4.47. The van der Waals surface area contributed by atoms with Crippen LogP contribution in [0.2, 0.25) is 0 Å². The fourth-order valence-electron chi connectivity index (χ4n) is 1.97. The van der Waals surface area contributed by atoms with Crippen molar-refractivity contribution < 1.29 is 0 Å². The van der Waals surface area contributed by atoms with E-state index in [0.29, 0.717) is 0 Å². The SMILES string of the molecule is C=C1C(N)C2SN(CCN(C)N)C=C=C(C)CN12. The number of hydrogen-bond acceptors (Lipinski definition) is 6. The summed E-state index contributed by atoms with van der Waals surface area (Å²) in [5.74, 6) is 5.64. The average Bonchev–Trinajstić information content (AvgIpc) is 2.32. The van der Waals surface area contributed by atoms with Crippen molar-refractivity contribution in [2.45, 2.75) is 18.3 Å². The number of rotatable bonds is 3. The van der Waals surface area contributed by atoms with Crippen molar-refractivity contribution in [2.24, 2.45) is 11.6 Å². The maximum Gasteiger partial charge on any atom is 0.116 e. The molecule has 2 rings (SSSR count). The summed E-state index contributed by atoms with van der Waals surface area (Å²) in [6, 6.07) is 0.0485. The number of likely N-dealkylation sites (N-methyl/N-ethyl adjacent to an activating group) is 1. The lowest BCUT2D eigenvalue weighted by molar-refractivity contribution is 0.210. The van der Waals surface area contributed by atoms with Gasteiger partial charge in [-0.1, -0.05) is 6.58 Å². The quantitative estimate of drug-likeness (QED) is 0.332. The molecule has 5 nitrogen and oxygen atoms in total. The van der Waals surface area contributed by atoms with E-state index >= 15 is 0 Å². The lowest BCUT2D eigenvalue weighted by Gasteiger charge is -2.50. The highest BCUT2D eigenvalue weighted by Gasteiger charge is 2.41. The van der Waals surface area contributed by atoms with Gasteiger partial charge in [0.1, 0.15) is 5.37 Å². The second-order valence-electron chi connectivity index (χ2n) is 4.82. The summed E-state index contributed by atoms with van der Waals surface area (Å²) >= 11 is 1.73. The lowest BCUT2D eigenvalue weighted by Crippen LogP contribution is -2.61. The zero-order valence-corrected chi connectivity index (χ0v) is 11.8. The molecule has 100 valence electrons. The number of nitrogens with zero attached hydrogens (tertiary/aromatic N) is 3. The van der Waals surface area contributed by atoms with Gasteiger partial charge >= 0.3 is 0 Å². The monoisotopic (exact) mass is 267 g/mol. The summed E-state index contributed by atoms with van der Waals surface area (Å²) < 4.78 is 2.15. The van der Waals surface area contributed by atoms with E-state index < -0.39 is 0 Å². The molecule has 0 aromatic heterocycles. The van der Waals surface area contributed by atoms with Gasteiger partial charge in [0, 0.05) is 32.4 Å². The van der Waals surface area contributed by atoms with Gasteiger partial charge in [-0.15, -0.1) is 5.73 Å². The summed E-state index contributed by atoms with van der Waals surface area (Å²) in [5, 5.41) is 1.95. The van der Waals surface area contributed by atoms with Gasteiger partial charge in [0.15, 0.2) is 0 Å². The first kappa shape index (κ1) is 13.5. The van der Waals surface area contributed by atoms with Gasteiger partial charge in [-0.3, -0.25) is 5.84 Å². The van der Waals surface area contributed by atoms with E-state index in [1.807, 2.05) is 13.2 Å². The van der Waals surface area contributed by atoms with E-state index in [2.05, 4.69) is 28.4 Å². The molecule has 6 heteroatoms. The van der Waals surface area contributed by atoms with Crippen molar-refractivity contribution in [3.8, 4) is 0 Å². The molecule has 2 unspecified atom stereocenters. The van der Waals surface area contributed by atoms with Gasteiger partial charge in [0.2, 0.25) is 0 Å². The first-order chi connectivity index (χ1) is 8.49. The first-order valence-corrected chi connectivity index (χ1v) is 6.85. The Labute approximate surface area is 113 Å². The zero-order chi connectivity index (χ0) is 13.3. The van der Waals surface area contributed by atoms with Crippen LogP contribution < -0.4 is 11.6 Å². The molecule has 0 bridgehead atoms. The fourth-order valence-corrected chi connectivity index (χ4v) is 3.16. The Morgan fingerprint density at radius 3 is 3.06 bits per heavy atom. The van der Waals surface area contributed by atoms with E-state index in [0.717, 1.165) is 25.3 Å². The molecule has 0 aromatic rings. The second-order valence-corrected chi connectivity index (χ2v) is 5.98. The smallest absolute Gasteiger partial charge is 0.116 e. The molecular formula is C12H21N5S. The lowest BCUT2D eigenvalue weighted by atomic mass is 10.0. The zero-order valence-electron chi connectivity index (χ0n) is 11.0. The molecule has 2 aliphatic rings. The van der Waals surface area contributed by atoms with Crippen LogP contribution in [0.3, 0.4) is 0 Å². The van der Waals surface area contributed by atoms with Crippen LogP contribution in [0, 0.1) is 0 Å². The van der Waals surface area contributed by atoms with Gasteiger partial charge in [-0.2, -0.15) is 0 Å².